The highest BCUT2D eigenvalue weighted by Crippen LogP contribution is 2.32. The molecule has 33 heavy (non-hydrogen) atoms. The van der Waals surface area contributed by atoms with Crippen molar-refractivity contribution in [1.29, 1.82) is 0 Å². The Bertz CT molecular complexity index is 1470. The van der Waals surface area contributed by atoms with Crippen molar-refractivity contribution in [2.24, 2.45) is 7.05 Å². The van der Waals surface area contributed by atoms with E-state index in [-0.39, 0.29) is 5.56 Å². The first-order valence-corrected chi connectivity index (χ1v) is 10.6. The van der Waals surface area contributed by atoms with Gasteiger partial charge < -0.3 is 14.5 Å². The van der Waals surface area contributed by atoms with Crippen LogP contribution in [0, 0.1) is 13.8 Å². The van der Waals surface area contributed by atoms with Crippen molar-refractivity contribution >= 4 is 28.0 Å². The number of pyridine rings is 3. The molecule has 0 aliphatic heterocycles. The molecule has 0 radical (unpaired) electrons. The van der Waals surface area contributed by atoms with Crippen LogP contribution in [0.5, 0.6) is 5.88 Å². The zero-order valence-corrected chi connectivity index (χ0v) is 19.3. The van der Waals surface area contributed by atoms with Crippen molar-refractivity contribution in [1.82, 2.24) is 14.5 Å². The minimum Gasteiger partial charge on any atom is -0.481 e. The Balaban J connectivity index is 0.000000219. The second-order valence-electron chi connectivity index (χ2n) is 7.68. The molecule has 4 heterocycles. The van der Waals surface area contributed by atoms with E-state index < -0.39 is 0 Å². The van der Waals surface area contributed by atoms with Crippen LogP contribution in [0.3, 0.4) is 0 Å². The molecule has 0 unspecified atom stereocenters. The first-order valence-electron chi connectivity index (χ1n) is 10.6. The maximum absolute atomic E-state index is 12.6. The van der Waals surface area contributed by atoms with Crippen molar-refractivity contribution < 1.29 is 9.15 Å². The largest absolute Gasteiger partial charge is 0.481 e. The standard InChI is InChI=1S/C19H16N2O2.C7H10N2O/c1-11-10-23-18-14(11)9-15-16(13-7-5-4-6-8-13)12(2)19(22)21(3)17(15)20-18;1-8-6-4-3-5-7(9-6)10-2/h4-10H,1-3H3;3-5H,1-2H3,(H,8,9). The number of hydrogen-bond donors (Lipinski definition) is 1. The van der Waals surface area contributed by atoms with Crippen molar-refractivity contribution in [2.75, 3.05) is 19.5 Å². The molecule has 0 aliphatic carbocycles. The molecule has 0 fully saturated rings. The Hall–Kier alpha value is -4.13. The van der Waals surface area contributed by atoms with Gasteiger partial charge in [0.1, 0.15) is 11.5 Å². The summed E-state index contributed by atoms with van der Waals surface area (Å²) in [5.41, 5.74) is 4.91. The van der Waals surface area contributed by atoms with Crippen LogP contribution in [0.4, 0.5) is 5.82 Å². The number of methoxy groups -OCH3 is 1. The fraction of sp³-hybridized carbons (Fsp3) is 0.192. The average molecular weight is 443 g/mol. The van der Waals surface area contributed by atoms with Crippen molar-refractivity contribution in [3.8, 4) is 17.0 Å². The Morgan fingerprint density at radius 3 is 2.45 bits per heavy atom. The summed E-state index contributed by atoms with van der Waals surface area (Å²) in [5, 5.41) is 4.86. The summed E-state index contributed by atoms with van der Waals surface area (Å²) in [6.07, 6.45) is 1.70. The van der Waals surface area contributed by atoms with Crippen LogP contribution in [0.15, 0.2) is 70.1 Å². The maximum atomic E-state index is 12.6. The number of hydrogen-bond acceptors (Lipinski definition) is 6. The number of furan rings is 1. The second kappa shape index (κ2) is 9.16. The number of aryl methyl sites for hydroxylation is 2. The van der Waals surface area contributed by atoms with Crippen LogP contribution in [0.1, 0.15) is 11.1 Å². The molecule has 0 saturated heterocycles. The number of ether oxygens (including phenoxy) is 1. The SMILES string of the molecule is CNc1cccc(OC)n1.Cc1c(-c2ccccc2)c2cc3c(C)coc3nc2n(C)c1=O. The lowest BCUT2D eigenvalue weighted by molar-refractivity contribution is 0.398. The molecule has 0 aliphatic rings. The third kappa shape index (κ3) is 4.17. The molecule has 1 N–H and O–H groups in total. The molecule has 5 rings (SSSR count). The number of rotatable bonds is 3. The highest BCUT2D eigenvalue weighted by molar-refractivity contribution is 6.00. The van der Waals surface area contributed by atoms with E-state index in [4.69, 9.17) is 9.15 Å². The normalized spacial score (nSPS) is 10.7. The zero-order valence-electron chi connectivity index (χ0n) is 19.3. The minimum absolute atomic E-state index is 0.0357. The summed E-state index contributed by atoms with van der Waals surface area (Å²) in [6, 6.07) is 17.6. The van der Waals surface area contributed by atoms with Gasteiger partial charge in [0.15, 0.2) is 0 Å². The van der Waals surface area contributed by atoms with E-state index in [0.717, 1.165) is 38.8 Å². The van der Waals surface area contributed by atoms with Crippen LogP contribution >= 0.6 is 0 Å². The lowest BCUT2D eigenvalue weighted by atomic mass is 9.97. The molecule has 0 saturated carbocycles. The number of benzene rings is 1. The van der Waals surface area contributed by atoms with Crippen LogP contribution in [0.2, 0.25) is 0 Å². The summed E-state index contributed by atoms with van der Waals surface area (Å²) in [5.74, 6) is 1.45. The average Bonchev–Trinajstić information content (AvgIpc) is 3.22. The van der Waals surface area contributed by atoms with Crippen molar-refractivity contribution in [3.05, 3.63) is 82.3 Å². The zero-order chi connectivity index (χ0) is 23.5. The van der Waals surface area contributed by atoms with E-state index in [1.165, 1.54) is 0 Å². The van der Waals surface area contributed by atoms with E-state index >= 15 is 0 Å². The van der Waals surface area contributed by atoms with Gasteiger partial charge in [0.25, 0.3) is 5.56 Å². The highest BCUT2D eigenvalue weighted by Gasteiger charge is 2.17. The first kappa shape index (κ1) is 22.1. The first-order chi connectivity index (χ1) is 15.9. The summed E-state index contributed by atoms with van der Waals surface area (Å²) >= 11 is 0. The van der Waals surface area contributed by atoms with Crippen LogP contribution in [-0.4, -0.2) is 28.7 Å². The number of nitrogens with zero attached hydrogens (tertiary/aromatic N) is 3. The molecule has 0 amide bonds. The fourth-order valence-electron chi connectivity index (χ4n) is 3.81. The highest BCUT2D eigenvalue weighted by atomic mass is 16.5. The molecule has 5 aromatic rings. The van der Waals surface area contributed by atoms with E-state index in [2.05, 4.69) is 21.4 Å². The molecular formula is C26H26N4O3. The van der Waals surface area contributed by atoms with Gasteiger partial charge in [-0.1, -0.05) is 36.4 Å². The summed E-state index contributed by atoms with van der Waals surface area (Å²) < 4.78 is 12.0. The van der Waals surface area contributed by atoms with Gasteiger partial charge in [-0.25, -0.2) is 0 Å². The van der Waals surface area contributed by atoms with E-state index in [1.807, 2.05) is 63.4 Å². The number of aromatic nitrogens is 3. The Morgan fingerprint density at radius 1 is 1.00 bits per heavy atom. The smallest absolute Gasteiger partial charge is 0.255 e. The molecule has 0 atom stereocenters. The number of nitrogens with one attached hydrogen (secondary N) is 1. The molecule has 168 valence electrons. The second-order valence-corrected chi connectivity index (χ2v) is 7.68. The molecule has 0 bridgehead atoms. The van der Waals surface area contributed by atoms with E-state index in [1.54, 1.807) is 31.1 Å². The molecule has 7 nitrogen and oxygen atoms in total. The lowest BCUT2D eigenvalue weighted by Gasteiger charge is -2.13. The van der Waals surface area contributed by atoms with Gasteiger partial charge in [0.05, 0.1) is 13.4 Å². The van der Waals surface area contributed by atoms with Gasteiger partial charge in [-0.3, -0.25) is 9.36 Å². The quantitative estimate of drug-likeness (QED) is 0.419. The molecule has 0 spiro atoms. The maximum Gasteiger partial charge on any atom is 0.255 e. The van der Waals surface area contributed by atoms with Gasteiger partial charge in [-0.15, -0.1) is 0 Å². The Morgan fingerprint density at radius 2 is 1.76 bits per heavy atom. The molecule has 7 heteroatoms. The summed E-state index contributed by atoms with van der Waals surface area (Å²) in [7, 11) is 5.17. The van der Waals surface area contributed by atoms with Crippen LogP contribution in [0.25, 0.3) is 33.3 Å². The summed E-state index contributed by atoms with van der Waals surface area (Å²) in [6.45, 7) is 3.87. The molecule has 4 aromatic heterocycles. The predicted molar refractivity (Wildman–Crippen MR) is 132 cm³/mol. The fourth-order valence-corrected chi connectivity index (χ4v) is 3.81. The van der Waals surface area contributed by atoms with Gasteiger partial charge in [-0.2, -0.15) is 9.97 Å². The lowest BCUT2D eigenvalue weighted by Crippen LogP contribution is -2.21. The molecular weight excluding hydrogens is 416 g/mol. The van der Waals surface area contributed by atoms with Gasteiger partial charge >= 0.3 is 0 Å². The number of fused-ring (bicyclic) bond motifs is 2. The minimum atomic E-state index is -0.0357. The number of anilines is 1. The Kier molecular flexibility index (Phi) is 6.13. The van der Waals surface area contributed by atoms with Crippen molar-refractivity contribution in [2.45, 2.75) is 13.8 Å². The predicted octanol–water partition coefficient (Wildman–Crippen LogP) is 5.10. The Labute approximate surface area is 191 Å². The van der Waals surface area contributed by atoms with Gasteiger partial charge in [-0.05, 0) is 37.1 Å². The monoisotopic (exact) mass is 442 g/mol. The summed E-state index contributed by atoms with van der Waals surface area (Å²) in [4.78, 5) is 21.3. The van der Waals surface area contributed by atoms with Crippen molar-refractivity contribution in [3.63, 3.8) is 0 Å². The van der Waals surface area contributed by atoms with Crippen LogP contribution < -0.4 is 15.6 Å². The van der Waals surface area contributed by atoms with Gasteiger partial charge in [0, 0.05) is 42.1 Å². The van der Waals surface area contributed by atoms with E-state index in [0.29, 0.717) is 17.2 Å². The third-order valence-corrected chi connectivity index (χ3v) is 5.58. The van der Waals surface area contributed by atoms with Crippen LogP contribution in [-0.2, 0) is 7.05 Å². The van der Waals surface area contributed by atoms with Gasteiger partial charge in [0.2, 0.25) is 11.6 Å². The topological polar surface area (TPSA) is 82.2 Å². The van der Waals surface area contributed by atoms with E-state index in [9.17, 15) is 4.79 Å². The third-order valence-electron chi connectivity index (χ3n) is 5.58. The molecule has 1 aromatic carbocycles.